The quantitative estimate of drug-likeness (QED) is 0.612. The molecule has 0 aliphatic rings. The van der Waals surface area contributed by atoms with Crippen LogP contribution in [0.15, 0.2) is 54.7 Å². The van der Waals surface area contributed by atoms with Crippen molar-refractivity contribution in [2.75, 3.05) is 0 Å². The Balaban J connectivity index is 1.86. The Morgan fingerprint density at radius 2 is 1.79 bits per heavy atom. The molecule has 2 aromatic carbocycles. The van der Waals surface area contributed by atoms with E-state index in [4.69, 9.17) is 15.3 Å². The number of hydrogen-bond donors (Lipinski definition) is 0. The molecule has 0 saturated carbocycles. The zero-order valence-corrected chi connectivity index (χ0v) is 15.3. The summed E-state index contributed by atoms with van der Waals surface area (Å²) >= 11 is 0. The fraction of sp³-hybridized carbons (Fsp3) is 0.130. The van der Waals surface area contributed by atoms with E-state index in [2.05, 4.69) is 17.1 Å². The number of aromatic nitrogens is 1. The molecule has 0 unspecified atom stereocenters. The van der Waals surface area contributed by atoms with E-state index in [-0.39, 0.29) is 6.61 Å². The molecule has 0 N–H and O–H groups in total. The first-order valence-electron chi connectivity index (χ1n) is 8.69. The number of rotatable bonds is 6. The minimum absolute atomic E-state index is 0.266. The minimum Gasteiger partial charge on any atom is -0.486 e. The second-order valence-electron chi connectivity index (χ2n) is 6.32. The highest BCUT2D eigenvalue weighted by molar-refractivity contribution is 5.82. The van der Waals surface area contributed by atoms with Crippen molar-refractivity contribution in [3.05, 3.63) is 93.8 Å². The van der Waals surface area contributed by atoms with E-state index >= 15 is 0 Å². The summed E-state index contributed by atoms with van der Waals surface area (Å²) in [6, 6.07) is 18.5. The lowest BCUT2D eigenvalue weighted by atomic mass is 10.00. The van der Waals surface area contributed by atoms with Crippen LogP contribution in [0.25, 0.3) is 0 Å². The van der Waals surface area contributed by atoms with Gasteiger partial charge in [-0.2, -0.15) is 10.5 Å². The average molecular weight is 367 g/mol. The molecule has 0 aliphatic carbocycles. The van der Waals surface area contributed by atoms with Gasteiger partial charge in [-0.05, 0) is 54.3 Å². The first-order valence-corrected chi connectivity index (χ1v) is 8.69. The smallest absolute Gasteiger partial charge is 0.154 e. The van der Waals surface area contributed by atoms with E-state index in [1.807, 2.05) is 24.3 Å². The maximum atomic E-state index is 11.8. The molecule has 0 saturated heterocycles. The molecule has 0 bridgehead atoms. The molecule has 136 valence electrons. The number of carbonyl (C=O) groups excluding carboxylic acids is 1. The van der Waals surface area contributed by atoms with Gasteiger partial charge in [0.25, 0.3) is 0 Å². The van der Waals surface area contributed by atoms with Crippen molar-refractivity contribution in [2.45, 2.75) is 20.0 Å². The molecule has 0 aliphatic heterocycles. The second-order valence-corrected chi connectivity index (χ2v) is 6.32. The average Bonchev–Trinajstić information content (AvgIpc) is 2.74. The number of nitriles is 2. The van der Waals surface area contributed by atoms with Gasteiger partial charge in [0.15, 0.2) is 12.0 Å². The molecule has 0 amide bonds. The summed E-state index contributed by atoms with van der Waals surface area (Å²) in [7, 11) is 0. The topological polar surface area (TPSA) is 86.8 Å². The van der Waals surface area contributed by atoms with Crippen molar-refractivity contribution in [1.82, 2.24) is 4.98 Å². The summed E-state index contributed by atoms with van der Waals surface area (Å²) in [6.07, 6.45) is 2.93. The van der Waals surface area contributed by atoms with E-state index in [0.717, 1.165) is 23.0 Å². The van der Waals surface area contributed by atoms with Gasteiger partial charge >= 0.3 is 0 Å². The molecule has 0 spiro atoms. The van der Waals surface area contributed by atoms with Gasteiger partial charge in [0, 0.05) is 6.20 Å². The lowest BCUT2D eigenvalue weighted by Gasteiger charge is -2.14. The van der Waals surface area contributed by atoms with Crippen LogP contribution in [-0.4, -0.2) is 11.3 Å². The summed E-state index contributed by atoms with van der Waals surface area (Å²) in [5.74, 6) is 0.452. The Morgan fingerprint density at radius 1 is 1.04 bits per heavy atom. The predicted molar refractivity (Wildman–Crippen MR) is 104 cm³/mol. The fourth-order valence-corrected chi connectivity index (χ4v) is 2.90. The molecule has 3 rings (SSSR count). The molecular weight excluding hydrogens is 350 g/mol. The molecule has 0 fully saturated rings. The number of carbonyl (C=O) groups is 1. The molecule has 1 heterocycles. The Kier molecular flexibility index (Phi) is 5.79. The third-order valence-corrected chi connectivity index (χ3v) is 4.37. The van der Waals surface area contributed by atoms with Gasteiger partial charge in [-0.3, -0.25) is 9.78 Å². The summed E-state index contributed by atoms with van der Waals surface area (Å²) in [5, 5.41) is 17.9. The van der Waals surface area contributed by atoms with Gasteiger partial charge in [-0.15, -0.1) is 0 Å². The lowest BCUT2D eigenvalue weighted by molar-refractivity contribution is 0.111. The number of aldehydes is 1. The Labute approximate surface area is 163 Å². The summed E-state index contributed by atoms with van der Waals surface area (Å²) in [6.45, 7) is 2.06. The second kappa shape index (κ2) is 8.62. The lowest BCUT2D eigenvalue weighted by Crippen LogP contribution is -2.06. The monoisotopic (exact) mass is 367 g/mol. The van der Waals surface area contributed by atoms with Crippen molar-refractivity contribution in [3.8, 4) is 17.9 Å². The predicted octanol–water partition coefficient (Wildman–Crippen LogP) is 4.12. The van der Waals surface area contributed by atoms with Crippen LogP contribution in [0.2, 0.25) is 0 Å². The molecule has 0 atom stereocenters. The molecule has 5 nitrogen and oxygen atoms in total. The number of hydrogen-bond acceptors (Lipinski definition) is 5. The van der Waals surface area contributed by atoms with Crippen molar-refractivity contribution in [1.29, 1.82) is 10.5 Å². The van der Waals surface area contributed by atoms with Gasteiger partial charge in [0.1, 0.15) is 6.61 Å². The van der Waals surface area contributed by atoms with Crippen LogP contribution in [0, 0.1) is 29.6 Å². The Bertz CT molecular complexity index is 1090. The highest BCUT2D eigenvalue weighted by Gasteiger charge is 2.14. The van der Waals surface area contributed by atoms with Crippen LogP contribution >= 0.6 is 0 Å². The highest BCUT2D eigenvalue weighted by Crippen LogP contribution is 2.26. The molecule has 5 heteroatoms. The SMILES string of the molecule is Cc1ncc(Cc2cccc(C#N)c2)c(C=O)c1OCc1ccc(C#N)cc1. The number of ether oxygens (including phenoxy) is 1. The first kappa shape index (κ1) is 18.8. The molecule has 3 aromatic rings. The van der Waals surface area contributed by atoms with Gasteiger partial charge < -0.3 is 4.74 Å². The molecule has 1 aromatic heterocycles. The normalized spacial score (nSPS) is 9.96. The van der Waals surface area contributed by atoms with Crippen molar-refractivity contribution < 1.29 is 9.53 Å². The number of nitrogens with zero attached hydrogens (tertiary/aromatic N) is 3. The number of pyridine rings is 1. The maximum absolute atomic E-state index is 11.8. The number of benzene rings is 2. The Morgan fingerprint density at radius 3 is 2.46 bits per heavy atom. The molecule has 28 heavy (non-hydrogen) atoms. The molecular formula is C23H17N3O2. The van der Waals surface area contributed by atoms with E-state index in [0.29, 0.717) is 34.6 Å². The maximum Gasteiger partial charge on any atom is 0.154 e. The zero-order chi connectivity index (χ0) is 19.9. The molecule has 0 radical (unpaired) electrons. The number of aryl methyl sites for hydroxylation is 1. The van der Waals surface area contributed by atoms with Gasteiger partial charge in [0.05, 0.1) is 34.5 Å². The standard InChI is InChI=1S/C23H17N3O2/c1-16-23(28-15-18-7-5-17(11-24)6-8-18)22(14-27)21(13-26-16)10-19-3-2-4-20(9-19)12-25/h2-9,13-14H,10,15H2,1H3. The van der Waals surface area contributed by atoms with Crippen LogP contribution < -0.4 is 4.74 Å². The van der Waals surface area contributed by atoms with E-state index in [1.165, 1.54) is 0 Å². The van der Waals surface area contributed by atoms with E-state index < -0.39 is 0 Å². The van der Waals surface area contributed by atoms with E-state index in [9.17, 15) is 4.79 Å². The minimum atomic E-state index is 0.266. The van der Waals surface area contributed by atoms with Crippen LogP contribution in [0.5, 0.6) is 5.75 Å². The van der Waals surface area contributed by atoms with Crippen LogP contribution in [-0.2, 0) is 13.0 Å². The van der Waals surface area contributed by atoms with Gasteiger partial charge in [-0.1, -0.05) is 24.3 Å². The zero-order valence-electron chi connectivity index (χ0n) is 15.3. The largest absolute Gasteiger partial charge is 0.486 e. The summed E-state index contributed by atoms with van der Waals surface area (Å²) in [5.41, 5.74) is 4.80. The fourth-order valence-electron chi connectivity index (χ4n) is 2.90. The van der Waals surface area contributed by atoms with Crippen LogP contribution in [0.3, 0.4) is 0 Å². The van der Waals surface area contributed by atoms with E-state index in [1.54, 1.807) is 37.4 Å². The third-order valence-electron chi connectivity index (χ3n) is 4.37. The Hall–Kier alpha value is -3.96. The van der Waals surface area contributed by atoms with Crippen molar-refractivity contribution in [2.24, 2.45) is 0 Å². The van der Waals surface area contributed by atoms with Crippen molar-refractivity contribution >= 4 is 6.29 Å². The third kappa shape index (κ3) is 4.23. The van der Waals surface area contributed by atoms with Gasteiger partial charge in [0.2, 0.25) is 0 Å². The van der Waals surface area contributed by atoms with Crippen LogP contribution in [0.1, 0.15) is 43.9 Å². The van der Waals surface area contributed by atoms with Crippen molar-refractivity contribution in [3.63, 3.8) is 0 Å². The highest BCUT2D eigenvalue weighted by atomic mass is 16.5. The summed E-state index contributed by atoms with van der Waals surface area (Å²) in [4.78, 5) is 16.2. The first-order chi connectivity index (χ1) is 13.6. The van der Waals surface area contributed by atoms with Crippen LogP contribution in [0.4, 0.5) is 0 Å². The summed E-state index contributed by atoms with van der Waals surface area (Å²) < 4.78 is 5.91. The van der Waals surface area contributed by atoms with Gasteiger partial charge in [-0.25, -0.2) is 0 Å².